The Balaban J connectivity index is 1.08. The van der Waals surface area contributed by atoms with Crippen LogP contribution in [0.25, 0.3) is 10.1 Å². The van der Waals surface area contributed by atoms with Gasteiger partial charge >= 0.3 is 0 Å². The highest BCUT2D eigenvalue weighted by atomic mass is 35.5. The fraction of sp³-hybridized carbons (Fsp3) is 0.528. The van der Waals surface area contributed by atoms with Crippen molar-refractivity contribution in [2.75, 3.05) is 39.4 Å². The summed E-state index contributed by atoms with van der Waals surface area (Å²) in [4.78, 5) is 44.3. The smallest absolute Gasteiger partial charge is 0.262 e. The van der Waals surface area contributed by atoms with Gasteiger partial charge < -0.3 is 25.6 Å². The SMILES string of the molecule is O=C(NC1(C(=O)N[C@H](Cc2ccccc2)C(=O)NCC2CCN(CC3CCOCC3)CC2)CCCC1)c1cc2ccc(Cl)cc2s1. The number of nitrogens with one attached hydrogen (secondary N) is 3. The van der Waals surface area contributed by atoms with Gasteiger partial charge in [0.05, 0.1) is 4.88 Å². The molecule has 3 fully saturated rings. The Kier molecular flexibility index (Phi) is 10.9. The lowest BCUT2D eigenvalue weighted by Crippen LogP contribution is -2.61. The number of carbonyl (C=O) groups excluding carboxylic acids is 3. The molecule has 1 atom stereocenters. The third kappa shape index (κ3) is 8.29. The Labute approximate surface area is 280 Å². The molecule has 2 aromatic carbocycles. The third-order valence-corrected chi connectivity index (χ3v) is 11.3. The summed E-state index contributed by atoms with van der Waals surface area (Å²) >= 11 is 7.52. The molecular formula is C36H45ClN4O4S. The molecular weight excluding hydrogens is 620 g/mol. The highest BCUT2D eigenvalue weighted by Gasteiger charge is 2.44. The van der Waals surface area contributed by atoms with Crippen LogP contribution in [-0.2, 0) is 20.7 Å². The molecule has 1 aliphatic carbocycles. The van der Waals surface area contributed by atoms with Crippen LogP contribution in [0, 0.1) is 11.8 Å². The molecule has 6 rings (SSSR count). The highest BCUT2D eigenvalue weighted by Crippen LogP contribution is 2.33. The normalized spacial score (nSPS) is 19.9. The van der Waals surface area contributed by atoms with Crippen molar-refractivity contribution in [2.45, 2.75) is 69.4 Å². The number of rotatable bonds is 11. The zero-order chi connectivity index (χ0) is 31.9. The zero-order valence-corrected chi connectivity index (χ0v) is 28.0. The van der Waals surface area contributed by atoms with E-state index in [2.05, 4.69) is 20.9 Å². The highest BCUT2D eigenvalue weighted by molar-refractivity contribution is 7.20. The van der Waals surface area contributed by atoms with Crippen LogP contribution in [0.2, 0.25) is 5.02 Å². The van der Waals surface area contributed by atoms with Crippen molar-refractivity contribution in [2.24, 2.45) is 11.8 Å². The second-order valence-corrected chi connectivity index (χ2v) is 14.8. The average Bonchev–Trinajstić information content (AvgIpc) is 3.73. The van der Waals surface area contributed by atoms with Crippen molar-refractivity contribution in [3.05, 3.63) is 70.1 Å². The third-order valence-electron chi connectivity index (χ3n) is 9.98. The fourth-order valence-corrected chi connectivity index (χ4v) is 8.41. The molecule has 3 aromatic rings. The summed E-state index contributed by atoms with van der Waals surface area (Å²) in [5.74, 6) is 0.397. The molecule has 1 aromatic heterocycles. The molecule has 46 heavy (non-hydrogen) atoms. The summed E-state index contributed by atoms with van der Waals surface area (Å²) < 4.78 is 6.44. The summed E-state index contributed by atoms with van der Waals surface area (Å²) in [6.45, 7) is 5.60. The molecule has 0 unspecified atom stereocenters. The molecule has 3 aliphatic rings. The van der Waals surface area contributed by atoms with Crippen LogP contribution in [-0.4, -0.2) is 73.6 Å². The van der Waals surface area contributed by atoms with Crippen molar-refractivity contribution in [3.8, 4) is 0 Å². The summed E-state index contributed by atoms with van der Waals surface area (Å²) in [6.07, 6.45) is 7.52. The van der Waals surface area contributed by atoms with Gasteiger partial charge in [-0.2, -0.15) is 0 Å². The number of hydrogen-bond donors (Lipinski definition) is 3. The van der Waals surface area contributed by atoms with E-state index in [4.69, 9.17) is 16.3 Å². The minimum atomic E-state index is -1.06. The monoisotopic (exact) mass is 664 g/mol. The molecule has 3 amide bonds. The lowest BCUT2D eigenvalue weighted by Gasteiger charge is -2.35. The van der Waals surface area contributed by atoms with Crippen LogP contribution in [0.4, 0.5) is 0 Å². The Morgan fingerprint density at radius 2 is 1.70 bits per heavy atom. The molecule has 8 nitrogen and oxygen atoms in total. The van der Waals surface area contributed by atoms with Crippen LogP contribution in [0.5, 0.6) is 0 Å². The molecule has 3 N–H and O–H groups in total. The minimum Gasteiger partial charge on any atom is -0.381 e. The summed E-state index contributed by atoms with van der Waals surface area (Å²) in [5, 5.41) is 10.9. The molecule has 0 spiro atoms. The van der Waals surface area contributed by atoms with Crippen LogP contribution in [0.15, 0.2) is 54.6 Å². The maximum absolute atomic E-state index is 14.0. The summed E-state index contributed by atoms with van der Waals surface area (Å²) in [7, 11) is 0. The molecule has 0 radical (unpaired) electrons. The van der Waals surface area contributed by atoms with Crippen LogP contribution in [0.1, 0.15) is 66.6 Å². The number of fused-ring (bicyclic) bond motifs is 1. The fourth-order valence-electron chi connectivity index (χ4n) is 7.17. The van der Waals surface area contributed by atoms with E-state index < -0.39 is 11.6 Å². The zero-order valence-electron chi connectivity index (χ0n) is 26.4. The summed E-state index contributed by atoms with van der Waals surface area (Å²) in [5.41, 5.74) is -0.0879. The Hall–Kier alpha value is -2.98. The van der Waals surface area contributed by atoms with Crippen LogP contribution in [0.3, 0.4) is 0 Å². The lowest BCUT2D eigenvalue weighted by molar-refractivity contribution is -0.132. The standard InChI is InChI=1S/C36H45ClN4O4S/c37-29-9-8-28-21-32(46-31(28)22-29)34(43)40-36(14-4-5-15-36)35(44)39-30(20-25-6-2-1-3-7-25)33(42)38-23-26-10-16-41(17-11-26)24-27-12-18-45-19-13-27/h1-3,6-9,21-22,26-27,30H,4-5,10-20,23-24H2,(H,38,42)(H,39,44)(H,40,43)/t30-/m1/s1. The van der Waals surface area contributed by atoms with Crippen molar-refractivity contribution in [1.29, 1.82) is 0 Å². The quantitative estimate of drug-likeness (QED) is 0.249. The van der Waals surface area contributed by atoms with Crippen molar-refractivity contribution < 1.29 is 19.1 Å². The van der Waals surface area contributed by atoms with Gasteiger partial charge in [-0.05, 0) is 92.6 Å². The number of carbonyl (C=O) groups is 3. The Morgan fingerprint density at radius 3 is 2.43 bits per heavy atom. The van der Waals surface area contributed by atoms with Crippen molar-refractivity contribution >= 4 is 50.7 Å². The van der Waals surface area contributed by atoms with Crippen LogP contribution >= 0.6 is 22.9 Å². The molecule has 1 saturated carbocycles. The largest absolute Gasteiger partial charge is 0.381 e. The number of likely N-dealkylation sites (tertiary alicyclic amines) is 1. The topological polar surface area (TPSA) is 99.8 Å². The number of benzene rings is 2. The number of amides is 3. The van der Waals surface area contributed by atoms with E-state index in [9.17, 15) is 14.4 Å². The average molecular weight is 665 g/mol. The molecule has 2 saturated heterocycles. The predicted octanol–water partition coefficient (Wildman–Crippen LogP) is 5.58. The van der Waals surface area contributed by atoms with Gasteiger partial charge in [0.15, 0.2) is 0 Å². The van der Waals surface area contributed by atoms with Gasteiger partial charge in [-0.25, -0.2) is 0 Å². The van der Waals surface area contributed by atoms with Gasteiger partial charge in [-0.3, -0.25) is 14.4 Å². The molecule has 2 aliphatic heterocycles. The van der Waals surface area contributed by atoms with Gasteiger partial charge in [-0.1, -0.05) is 60.8 Å². The van der Waals surface area contributed by atoms with Gasteiger partial charge in [0.25, 0.3) is 5.91 Å². The molecule has 10 heteroatoms. The maximum Gasteiger partial charge on any atom is 0.262 e. The van der Waals surface area contributed by atoms with E-state index in [0.717, 1.165) is 92.9 Å². The number of piperidine rings is 1. The molecule has 246 valence electrons. The molecule has 0 bridgehead atoms. The van der Waals surface area contributed by atoms with E-state index >= 15 is 0 Å². The number of nitrogens with zero attached hydrogens (tertiary/aromatic N) is 1. The number of ether oxygens (including phenoxy) is 1. The van der Waals surface area contributed by atoms with E-state index in [1.807, 2.05) is 48.5 Å². The number of thiophene rings is 1. The lowest BCUT2D eigenvalue weighted by atomic mass is 9.93. The van der Waals surface area contributed by atoms with Crippen LogP contribution < -0.4 is 16.0 Å². The Bertz CT molecular complexity index is 1490. The Morgan fingerprint density at radius 1 is 0.957 bits per heavy atom. The van der Waals surface area contributed by atoms with E-state index in [1.165, 1.54) is 11.3 Å². The minimum absolute atomic E-state index is 0.178. The number of hydrogen-bond acceptors (Lipinski definition) is 6. The first kappa shape index (κ1) is 32.9. The van der Waals surface area contributed by atoms with Gasteiger partial charge in [0.2, 0.25) is 11.8 Å². The maximum atomic E-state index is 14.0. The number of halogens is 1. The van der Waals surface area contributed by atoms with Gasteiger partial charge in [0.1, 0.15) is 11.6 Å². The summed E-state index contributed by atoms with van der Waals surface area (Å²) in [6, 6.07) is 16.4. The first-order valence-corrected chi connectivity index (χ1v) is 18.0. The first-order chi connectivity index (χ1) is 22.4. The van der Waals surface area contributed by atoms with E-state index in [0.29, 0.717) is 41.6 Å². The second kappa shape index (κ2) is 15.3. The second-order valence-electron chi connectivity index (χ2n) is 13.3. The molecule has 3 heterocycles. The van der Waals surface area contributed by atoms with Gasteiger partial charge in [-0.15, -0.1) is 11.3 Å². The van der Waals surface area contributed by atoms with Crippen molar-refractivity contribution in [1.82, 2.24) is 20.9 Å². The van der Waals surface area contributed by atoms with Crippen molar-refractivity contribution in [3.63, 3.8) is 0 Å². The van der Waals surface area contributed by atoms with E-state index in [-0.39, 0.29) is 17.7 Å². The predicted molar refractivity (Wildman–Crippen MR) is 183 cm³/mol. The van der Waals surface area contributed by atoms with E-state index in [1.54, 1.807) is 6.07 Å². The van der Waals surface area contributed by atoms with Gasteiger partial charge in [0, 0.05) is 42.4 Å². The first-order valence-electron chi connectivity index (χ1n) is 16.8.